The highest BCUT2D eigenvalue weighted by Gasteiger charge is 2.27. The van der Waals surface area contributed by atoms with Crippen molar-refractivity contribution in [2.75, 3.05) is 12.3 Å². The maximum Gasteiger partial charge on any atom is 0.220 e. The van der Waals surface area contributed by atoms with Gasteiger partial charge in [0.05, 0.1) is 0 Å². The molecule has 0 saturated heterocycles. The molecule has 0 unspecified atom stereocenters. The summed E-state index contributed by atoms with van der Waals surface area (Å²) < 4.78 is 31.3. The van der Waals surface area contributed by atoms with Crippen LogP contribution >= 0.6 is 0 Å². The molecule has 0 bridgehead atoms. The Morgan fingerprint density at radius 1 is 1.33 bits per heavy atom. The number of hydrogen-bond donors (Lipinski definition) is 1. The lowest BCUT2D eigenvalue weighted by Gasteiger charge is -2.28. The smallest absolute Gasteiger partial charge is 0.220 e. The number of aromatic nitrogens is 1. The van der Waals surface area contributed by atoms with Gasteiger partial charge in [0.15, 0.2) is 0 Å². The summed E-state index contributed by atoms with van der Waals surface area (Å²) in [5.74, 6) is 0.471. The Morgan fingerprint density at radius 3 is 2.86 bits per heavy atom. The molecule has 7 heteroatoms. The molecule has 112 valence electrons. The minimum atomic E-state index is -3.41. The normalized spacial score (nSPS) is 15.9. The van der Waals surface area contributed by atoms with Gasteiger partial charge in [0, 0.05) is 24.8 Å². The Balaban J connectivity index is 1.81. The van der Waals surface area contributed by atoms with E-state index in [0.717, 1.165) is 11.1 Å². The number of nitrogens with zero attached hydrogens (tertiary/aromatic N) is 2. The summed E-state index contributed by atoms with van der Waals surface area (Å²) in [5.41, 5.74) is 8.99. The molecule has 3 rings (SSSR count). The van der Waals surface area contributed by atoms with E-state index in [1.54, 1.807) is 13.0 Å². The molecule has 2 heterocycles. The number of anilines is 1. The third-order valence-electron chi connectivity index (χ3n) is 3.61. The van der Waals surface area contributed by atoms with Crippen molar-refractivity contribution in [3.05, 3.63) is 46.8 Å². The van der Waals surface area contributed by atoms with Crippen molar-refractivity contribution in [3.8, 4) is 0 Å². The fourth-order valence-corrected chi connectivity index (χ4v) is 3.95. The molecular weight excluding hydrogens is 290 g/mol. The van der Waals surface area contributed by atoms with Gasteiger partial charge >= 0.3 is 0 Å². The quantitative estimate of drug-likeness (QED) is 0.867. The van der Waals surface area contributed by atoms with E-state index in [0.29, 0.717) is 36.7 Å². The van der Waals surface area contributed by atoms with Gasteiger partial charge in [0.1, 0.15) is 17.2 Å². The summed E-state index contributed by atoms with van der Waals surface area (Å²) in [4.78, 5) is 0. The molecule has 2 N–H and O–H groups in total. The van der Waals surface area contributed by atoms with Gasteiger partial charge in [-0.2, -0.15) is 4.31 Å². The van der Waals surface area contributed by atoms with Crippen LogP contribution in [0.25, 0.3) is 0 Å². The predicted molar refractivity (Wildman–Crippen MR) is 78.8 cm³/mol. The van der Waals surface area contributed by atoms with Gasteiger partial charge < -0.3 is 10.3 Å². The van der Waals surface area contributed by atoms with Crippen LogP contribution in [0.4, 0.5) is 5.69 Å². The van der Waals surface area contributed by atoms with Crippen molar-refractivity contribution >= 4 is 15.7 Å². The predicted octanol–water partition coefficient (Wildman–Crippen LogP) is 1.45. The largest absolute Gasteiger partial charge is 0.399 e. The maximum absolute atomic E-state index is 12.5. The van der Waals surface area contributed by atoms with Gasteiger partial charge in [-0.05, 0) is 36.6 Å². The molecule has 1 aromatic carbocycles. The van der Waals surface area contributed by atoms with Gasteiger partial charge in [0.25, 0.3) is 0 Å². The van der Waals surface area contributed by atoms with Crippen molar-refractivity contribution in [2.24, 2.45) is 0 Å². The van der Waals surface area contributed by atoms with E-state index in [4.69, 9.17) is 10.3 Å². The van der Waals surface area contributed by atoms with E-state index in [-0.39, 0.29) is 5.75 Å². The number of nitrogens with two attached hydrogens (primary N) is 1. The molecule has 0 spiro atoms. The lowest BCUT2D eigenvalue weighted by Crippen LogP contribution is -2.36. The molecule has 21 heavy (non-hydrogen) atoms. The zero-order valence-corrected chi connectivity index (χ0v) is 12.6. The average molecular weight is 307 g/mol. The Morgan fingerprint density at radius 2 is 2.14 bits per heavy atom. The first-order chi connectivity index (χ1) is 9.94. The van der Waals surface area contributed by atoms with Crippen molar-refractivity contribution in [2.45, 2.75) is 25.6 Å². The van der Waals surface area contributed by atoms with E-state index in [2.05, 4.69) is 5.16 Å². The number of nitrogen functional groups attached to an aromatic ring is 1. The minimum absolute atomic E-state index is 0.137. The van der Waals surface area contributed by atoms with Crippen molar-refractivity contribution in [1.29, 1.82) is 0 Å². The fourth-order valence-electron chi connectivity index (χ4n) is 2.55. The van der Waals surface area contributed by atoms with Crippen LogP contribution in [0.2, 0.25) is 0 Å². The van der Waals surface area contributed by atoms with E-state index < -0.39 is 10.0 Å². The average Bonchev–Trinajstić information content (AvgIpc) is 2.82. The Kier molecular flexibility index (Phi) is 3.46. The van der Waals surface area contributed by atoms with Crippen LogP contribution in [-0.2, 0) is 28.7 Å². The van der Waals surface area contributed by atoms with Crippen molar-refractivity contribution in [3.63, 3.8) is 0 Å². The summed E-state index contributed by atoms with van der Waals surface area (Å²) in [5, 5.41) is 3.75. The topological polar surface area (TPSA) is 89.4 Å². The van der Waals surface area contributed by atoms with Crippen LogP contribution < -0.4 is 5.73 Å². The molecule has 0 atom stereocenters. The van der Waals surface area contributed by atoms with Gasteiger partial charge in [-0.3, -0.25) is 0 Å². The van der Waals surface area contributed by atoms with Gasteiger partial charge in [0.2, 0.25) is 10.0 Å². The van der Waals surface area contributed by atoms with Crippen molar-refractivity contribution < 1.29 is 12.9 Å². The highest BCUT2D eigenvalue weighted by Crippen LogP contribution is 2.24. The standard InChI is InChI=1S/C14H17N3O3S/c1-10-6-14(16-20-10)9-21(18,19)17-5-4-11-2-3-13(15)7-12(11)8-17/h2-3,6-7H,4-5,8-9,15H2,1H3. The lowest BCUT2D eigenvalue weighted by molar-refractivity contribution is 0.382. The second-order valence-electron chi connectivity index (χ2n) is 5.30. The van der Waals surface area contributed by atoms with Crippen LogP contribution in [0.5, 0.6) is 0 Å². The van der Waals surface area contributed by atoms with Crippen LogP contribution in [0, 0.1) is 6.92 Å². The molecule has 0 amide bonds. The maximum atomic E-state index is 12.5. The minimum Gasteiger partial charge on any atom is -0.399 e. The molecule has 1 aromatic heterocycles. The third kappa shape index (κ3) is 2.93. The number of rotatable bonds is 3. The van der Waals surface area contributed by atoms with E-state index in [9.17, 15) is 8.42 Å². The Bertz CT molecular complexity index is 768. The first-order valence-electron chi connectivity index (χ1n) is 6.71. The van der Waals surface area contributed by atoms with Gasteiger partial charge in [-0.15, -0.1) is 0 Å². The molecular formula is C14H17N3O3S. The summed E-state index contributed by atoms with van der Waals surface area (Å²) in [6.07, 6.45) is 0.701. The second-order valence-corrected chi connectivity index (χ2v) is 7.27. The molecule has 1 aliphatic heterocycles. The van der Waals surface area contributed by atoms with Gasteiger partial charge in [-0.25, -0.2) is 8.42 Å². The first kappa shape index (κ1) is 14.1. The molecule has 0 aliphatic carbocycles. The zero-order chi connectivity index (χ0) is 15.0. The number of sulfonamides is 1. The monoisotopic (exact) mass is 307 g/mol. The number of fused-ring (bicyclic) bond motifs is 1. The van der Waals surface area contributed by atoms with Gasteiger partial charge in [-0.1, -0.05) is 11.2 Å². The molecule has 0 fully saturated rings. The SMILES string of the molecule is Cc1cc(CS(=O)(=O)N2CCc3ccc(N)cc3C2)no1. The highest BCUT2D eigenvalue weighted by molar-refractivity contribution is 7.88. The van der Waals surface area contributed by atoms with E-state index in [1.807, 2.05) is 18.2 Å². The molecule has 0 saturated carbocycles. The third-order valence-corrected chi connectivity index (χ3v) is 5.37. The molecule has 6 nitrogen and oxygen atoms in total. The van der Waals surface area contributed by atoms with Crippen LogP contribution in [0.1, 0.15) is 22.6 Å². The molecule has 2 aromatic rings. The lowest BCUT2D eigenvalue weighted by atomic mass is 10.0. The van der Waals surface area contributed by atoms with Crippen molar-refractivity contribution in [1.82, 2.24) is 9.46 Å². The Hall–Kier alpha value is -1.86. The van der Waals surface area contributed by atoms with Crippen LogP contribution in [0.15, 0.2) is 28.8 Å². The second kappa shape index (κ2) is 5.16. The summed E-state index contributed by atoms with van der Waals surface area (Å²) in [6, 6.07) is 7.31. The summed E-state index contributed by atoms with van der Waals surface area (Å²) in [7, 11) is -3.41. The summed E-state index contributed by atoms with van der Waals surface area (Å²) in [6.45, 7) is 2.58. The molecule has 0 radical (unpaired) electrons. The van der Waals surface area contributed by atoms with E-state index in [1.165, 1.54) is 4.31 Å². The number of hydrogen-bond acceptors (Lipinski definition) is 5. The first-order valence-corrected chi connectivity index (χ1v) is 8.32. The Labute approximate surface area is 123 Å². The van der Waals surface area contributed by atoms with Crippen LogP contribution in [0.3, 0.4) is 0 Å². The number of aryl methyl sites for hydroxylation is 1. The van der Waals surface area contributed by atoms with Crippen LogP contribution in [-0.4, -0.2) is 24.4 Å². The fraction of sp³-hybridized carbons (Fsp3) is 0.357. The zero-order valence-electron chi connectivity index (χ0n) is 11.7. The highest BCUT2D eigenvalue weighted by atomic mass is 32.2. The number of benzene rings is 1. The van der Waals surface area contributed by atoms with E-state index >= 15 is 0 Å². The molecule has 1 aliphatic rings. The summed E-state index contributed by atoms with van der Waals surface area (Å²) >= 11 is 0.